The lowest BCUT2D eigenvalue weighted by atomic mass is 9.72. The van der Waals surface area contributed by atoms with Gasteiger partial charge in [0, 0.05) is 11.5 Å². The van der Waals surface area contributed by atoms with Crippen LogP contribution in [0.2, 0.25) is 0 Å². The molecule has 0 bridgehead atoms. The minimum atomic E-state index is 0.0448. The molecule has 0 heterocycles. The van der Waals surface area contributed by atoms with Gasteiger partial charge in [-0.15, -0.1) is 0 Å². The zero-order valence-electron chi connectivity index (χ0n) is 15.0. The fourth-order valence-electron chi connectivity index (χ4n) is 2.95. The quantitative estimate of drug-likeness (QED) is 0.627. The van der Waals surface area contributed by atoms with E-state index in [-0.39, 0.29) is 17.1 Å². The van der Waals surface area contributed by atoms with Crippen molar-refractivity contribution in [2.75, 3.05) is 0 Å². The van der Waals surface area contributed by atoms with Crippen LogP contribution in [-0.2, 0) is 11.8 Å². The molecule has 23 heavy (non-hydrogen) atoms. The van der Waals surface area contributed by atoms with Crippen LogP contribution in [-0.4, -0.2) is 5.78 Å². The number of hydrogen-bond acceptors (Lipinski definition) is 1. The van der Waals surface area contributed by atoms with Crippen molar-refractivity contribution in [3.05, 3.63) is 71.3 Å². The van der Waals surface area contributed by atoms with Gasteiger partial charge in [0.1, 0.15) is 0 Å². The Bertz CT molecular complexity index is 653. The minimum Gasteiger partial charge on any atom is -0.294 e. The van der Waals surface area contributed by atoms with Gasteiger partial charge in [0.05, 0.1) is 0 Å². The van der Waals surface area contributed by atoms with Crippen molar-refractivity contribution in [1.82, 2.24) is 0 Å². The van der Waals surface area contributed by atoms with Gasteiger partial charge >= 0.3 is 0 Å². The van der Waals surface area contributed by atoms with Crippen LogP contribution in [0.5, 0.6) is 0 Å². The van der Waals surface area contributed by atoms with Gasteiger partial charge in [0.25, 0.3) is 0 Å². The van der Waals surface area contributed by atoms with E-state index in [1.165, 1.54) is 11.1 Å². The van der Waals surface area contributed by atoms with Gasteiger partial charge in [-0.2, -0.15) is 0 Å². The van der Waals surface area contributed by atoms with Crippen molar-refractivity contribution >= 4 is 5.78 Å². The highest BCUT2D eigenvalue weighted by Gasteiger charge is 2.27. The molecule has 0 saturated heterocycles. The Hall–Kier alpha value is -1.89. The van der Waals surface area contributed by atoms with Crippen LogP contribution in [0.15, 0.2) is 54.6 Å². The standard InChI is InChI=1S/C22H28O/c1-16(2)21(23)19-11-9-10-18(15-19)14-17(3)22(4,5)20-12-7-6-8-13-20/h6-13,15-17H,14H2,1-5H3. The molecule has 0 N–H and O–H groups in total. The van der Waals surface area contributed by atoms with Gasteiger partial charge in [-0.3, -0.25) is 4.79 Å². The van der Waals surface area contributed by atoms with Crippen LogP contribution < -0.4 is 0 Å². The molecular formula is C22H28O. The fraction of sp³-hybridized carbons (Fsp3) is 0.409. The maximum atomic E-state index is 12.2. The lowest BCUT2D eigenvalue weighted by molar-refractivity contribution is 0.0939. The molecule has 122 valence electrons. The number of rotatable bonds is 6. The molecule has 0 radical (unpaired) electrons. The highest BCUT2D eigenvalue weighted by molar-refractivity contribution is 5.97. The zero-order chi connectivity index (χ0) is 17.0. The molecule has 0 aromatic heterocycles. The SMILES string of the molecule is CC(C)C(=O)c1cccc(CC(C)C(C)(C)c2ccccc2)c1. The summed E-state index contributed by atoms with van der Waals surface area (Å²) in [5.74, 6) is 0.750. The van der Waals surface area contributed by atoms with Gasteiger partial charge in [0.2, 0.25) is 0 Å². The van der Waals surface area contributed by atoms with Crippen LogP contribution >= 0.6 is 0 Å². The Balaban J connectivity index is 2.19. The van der Waals surface area contributed by atoms with Crippen molar-refractivity contribution in [1.29, 1.82) is 0 Å². The van der Waals surface area contributed by atoms with E-state index in [0.717, 1.165) is 12.0 Å². The van der Waals surface area contributed by atoms with E-state index in [9.17, 15) is 4.79 Å². The van der Waals surface area contributed by atoms with Crippen LogP contribution in [0.3, 0.4) is 0 Å². The Morgan fingerprint density at radius 2 is 1.61 bits per heavy atom. The van der Waals surface area contributed by atoms with Crippen LogP contribution in [0.4, 0.5) is 0 Å². The lowest BCUT2D eigenvalue weighted by Crippen LogP contribution is -2.28. The number of hydrogen-bond donors (Lipinski definition) is 0. The third-order valence-electron chi connectivity index (χ3n) is 5.03. The third-order valence-corrected chi connectivity index (χ3v) is 5.03. The summed E-state index contributed by atoms with van der Waals surface area (Å²) in [5.41, 5.74) is 3.54. The first-order valence-electron chi connectivity index (χ1n) is 8.51. The molecule has 2 aromatic carbocycles. The van der Waals surface area contributed by atoms with E-state index in [1.807, 2.05) is 26.0 Å². The number of carbonyl (C=O) groups excluding carboxylic acids is 1. The highest BCUT2D eigenvalue weighted by Crippen LogP contribution is 2.33. The van der Waals surface area contributed by atoms with E-state index in [4.69, 9.17) is 0 Å². The second-order valence-corrected chi connectivity index (χ2v) is 7.41. The molecule has 0 amide bonds. The average Bonchev–Trinajstić information content (AvgIpc) is 2.55. The summed E-state index contributed by atoms with van der Waals surface area (Å²) in [4.78, 5) is 12.2. The van der Waals surface area contributed by atoms with E-state index in [1.54, 1.807) is 0 Å². The lowest BCUT2D eigenvalue weighted by Gasteiger charge is -2.33. The Morgan fingerprint density at radius 1 is 0.957 bits per heavy atom. The van der Waals surface area contributed by atoms with Gasteiger partial charge in [0.15, 0.2) is 5.78 Å². The molecule has 1 unspecified atom stereocenters. The molecule has 0 aliphatic rings. The summed E-state index contributed by atoms with van der Waals surface area (Å²) in [5, 5.41) is 0. The molecule has 1 heteroatoms. The summed E-state index contributed by atoms with van der Waals surface area (Å²) in [6, 6.07) is 18.8. The predicted molar refractivity (Wildman–Crippen MR) is 97.9 cm³/mol. The van der Waals surface area contributed by atoms with Gasteiger partial charge < -0.3 is 0 Å². The Morgan fingerprint density at radius 3 is 2.22 bits per heavy atom. The van der Waals surface area contributed by atoms with Crippen molar-refractivity contribution in [2.45, 2.75) is 46.5 Å². The van der Waals surface area contributed by atoms with Gasteiger partial charge in [-0.05, 0) is 34.9 Å². The second kappa shape index (κ2) is 7.12. The van der Waals surface area contributed by atoms with Crippen molar-refractivity contribution in [2.24, 2.45) is 11.8 Å². The maximum Gasteiger partial charge on any atom is 0.165 e. The Labute approximate surface area is 140 Å². The summed E-state index contributed by atoms with van der Waals surface area (Å²) in [7, 11) is 0. The van der Waals surface area contributed by atoms with Crippen LogP contribution in [0.25, 0.3) is 0 Å². The monoisotopic (exact) mass is 308 g/mol. The normalized spacial score (nSPS) is 13.1. The fourth-order valence-corrected chi connectivity index (χ4v) is 2.95. The Kier molecular flexibility index (Phi) is 5.41. The van der Waals surface area contributed by atoms with E-state index < -0.39 is 0 Å². The summed E-state index contributed by atoms with van der Waals surface area (Å²) >= 11 is 0. The van der Waals surface area contributed by atoms with Gasteiger partial charge in [-0.25, -0.2) is 0 Å². The topological polar surface area (TPSA) is 17.1 Å². The molecule has 0 aliphatic carbocycles. The number of carbonyl (C=O) groups is 1. The van der Waals surface area contributed by atoms with Crippen molar-refractivity contribution in [3.8, 4) is 0 Å². The highest BCUT2D eigenvalue weighted by atomic mass is 16.1. The number of benzene rings is 2. The summed E-state index contributed by atoms with van der Waals surface area (Å²) in [6.07, 6.45) is 0.973. The third kappa shape index (κ3) is 4.10. The molecular weight excluding hydrogens is 280 g/mol. The maximum absolute atomic E-state index is 12.2. The van der Waals surface area contributed by atoms with Crippen LogP contribution in [0.1, 0.15) is 56.1 Å². The first kappa shape index (κ1) is 17.5. The molecule has 1 atom stereocenters. The summed E-state index contributed by atoms with van der Waals surface area (Å²) in [6.45, 7) is 10.8. The molecule has 0 fully saturated rings. The van der Waals surface area contributed by atoms with Gasteiger partial charge in [-0.1, -0.05) is 83.1 Å². The summed E-state index contributed by atoms with van der Waals surface area (Å²) < 4.78 is 0. The molecule has 0 saturated carbocycles. The number of ketones is 1. The van der Waals surface area contributed by atoms with E-state index in [2.05, 4.69) is 63.2 Å². The average molecular weight is 308 g/mol. The smallest absolute Gasteiger partial charge is 0.165 e. The second-order valence-electron chi connectivity index (χ2n) is 7.41. The molecule has 1 nitrogen and oxygen atoms in total. The predicted octanol–water partition coefficient (Wildman–Crippen LogP) is 5.68. The molecule has 2 aromatic rings. The zero-order valence-corrected chi connectivity index (χ0v) is 15.0. The van der Waals surface area contributed by atoms with E-state index >= 15 is 0 Å². The molecule has 0 aliphatic heterocycles. The number of Topliss-reactive ketones (excluding diaryl/α,β-unsaturated/α-hetero) is 1. The van der Waals surface area contributed by atoms with Crippen molar-refractivity contribution in [3.63, 3.8) is 0 Å². The first-order chi connectivity index (χ1) is 10.8. The minimum absolute atomic E-state index is 0.0448. The molecule has 0 spiro atoms. The molecule has 2 rings (SSSR count). The van der Waals surface area contributed by atoms with Crippen LogP contribution in [0, 0.1) is 11.8 Å². The van der Waals surface area contributed by atoms with Crippen molar-refractivity contribution < 1.29 is 4.79 Å². The van der Waals surface area contributed by atoms with E-state index in [0.29, 0.717) is 5.92 Å². The first-order valence-corrected chi connectivity index (χ1v) is 8.51. The largest absolute Gasteiger partial charge is 0.294 e.